The van der Waals surface area contributed by atoms with Gasteiger partial charge in [0.05, 0.1) is 17.1 Å². The maximum atomic E-state index is 12.3. The summed E-state index contributed by atoms with van der Waals surface area (Å²) in [6.07, 6.45) is 0. The molecule has 1 saturated heterocycles. The quantitative estimate of drug-likeness (QED) is 0.781. The summed E-state index contributed by atoms with van der Waals surface area (Å²) in [6.45, 7) is 9.29. The second-order valence-corrected chi connectivity index (χ2v) is 8.27. The first kappa shape index (κ1) is 18.2. The minimum Gasteiger partial charge on any atom is -0.367 e. The number of aromatic nitrogens is 2. The molecule has 1 aliphatic rings. The van der Waals surface area contributed by atoms with Crippen molar-refractivity contribution in [2.75, 3.05) is 48.7 Å². The van der Waals surface area contributed by atoms with E-state index in [1.54, 1.807) is 0 Å². The van der Waals surface area contributed by atoms with Gasteiger partial charge in [0.1, 0.15) is 5.01 Å². The molecule has 1 amide bonds. The maximum Gasteiger partial charge on any atom is 0.234 e. The van der Waals surface area contributed by atoms with Crippen LogP contribution < -0.4 is 10.2 Å². The zero-order valence-electron chi connectivity index (χ0n) is 14.6. The lowest BCUT2D eigenvalue weighted by Crippen LogP contribution is -2.46. The Hall–Kier alpha value is -1.64. The molecular weight excluding hydrogens is 354 g/mol. The zero-order valence-corrected chi connectivity index (χ0v) is 16.2. The molecule has 3 rings (SSSR count). The minimum absolute atomic E-state index is 0.0162. The van der Waals surface area contributed by atoms with Gasteiger partial charge in [0.15, 0.2) is 4.34 Å². The normalized spacial score (nSPS) is 15.4. The molecule has 1 N–H and O–H groups in total. The van der Waals surface area contributed by atoms with Crippen LogP contribution in [0.3, 0.4) is 0 Å². The number of aryl methyl sites for hydroxylation is 1. The summed E-state index contributed by atoms with van der Waals surface area (Å²) in [5, 5.41) is 12.0. The topological polar surface area (TPSA) is 61.4 Å². The highest BCUT2D eigenvalue weighted by Gasteiger charge is 2.18. The van der Waals surface area contributed by atoms with Gasteiger partial charge in [0.2, 0.25) is 5.91 Å². The zero-order chi connectivity index (χ0) is 17.6. The first-order valence-electron chi connectivity index (χ1n) is 8.45. The average molecular weight is 378 g/mol. The Kier molecular flexibility index (Phi) is 6.28. The van der Waals surface area contributed by atoms with Crippen molar-refractivity contribution in [3.63, 3.8) is 0 Å². The third-order valence-corrected chi connectivity index (χ3v) is 6.14. The van der Waals surface area contributed by atoms with Crippen molar-refractivity contribution in [1.29, 1.82) is 0 Å². The monoisotopic (exact) mass is 377 g/mol. The highest BCUT2D eigenvalue weighted by Crippen LogP contribution is 2.27. The summed E-state index contributed by atoms with van der Waals surface area (Å²) in [5.74, 6) is 0.324. The van der Waals surface area contributed by atoms with Crippen LogP contribution in [0.5, 0.6) is 0 Å². The van der Waals surface area contributed by atoms with Crippen LogP contribution in [0.1, 0.15) is 11.9 Å². The molecule has 2 aromatic rings. The van der Waals surface area contributed by atoms with Gasteiger partial charge in [0.25, 0.3) is 0 Å². The van der Waals surface area contributed by atoms with E-state index in [9.17, 15) is 4.79 Å². The number of carbonyl (C=O) groups excluding carboxylic acids is 1. The molecular formula is C17H23N5OS2. The number of benzene rings is 1. The molecule has 8 heteroatoms. The molecule has 25 heavy (non-hydrogen) atoms. The number of amides is 1. The van der Waals surface area contributed by atoms with Crippen LogP contribution in [0.2, 0.25) is 0 Å². The smallest absolute Gasteiger partial charge is 0.234 e. The summed E-state index contributed by atoms with van der Waals surface area (Å²) < 4.78 is 0.830. The summed E-state index contributed by atoms with van der Waals surface area (Å²) in [5.41, 5.74) is 1.98. The fraction of sp³-hybridized carbons (Fsp3) is 0.471. The van der Waals surface area contributed by atoms with Crippen molar-refractivity contribution in [3.8, 4) is 0 Å². The van der Waals surface area contributed by atoms with Gasteiger partial charge < -0.3 is 15.1 Å². The summed E-state index contributed by atoms with van der Waals surface area (Å²) in [4.78, 5) is 17.1. The second-order valence-electron chi connectivity index (χ2n) is 5.86. The first-order valence-corrected chi connectivity index (χ1v) is 10.2. The van der Waals surface area contributed by atoms with Crippen LogP contribution >= 0.6 is 23.1 Å². The van der Waals surface area contributed by atoms with Crippen LogP contribution in [0.25, 0.3) is 0 Å². The van der Waals surface area contributed by atoms with E-state index in [0.29, 0.717) is 5.75 Å². The van der Waals surface area contributed by atoms with E-state index >= 15 is 0 Å². The highest BCUT2D eigenvalue weighted by atomic mass is 32.2. The van der Waals surface area contributed by atoms with Crippen LogP contribution in [0.4, 0.5) is 11.4 Å². The molecule has 0 spiro atoms. The third kappa shape index (κ3) is 4.93. The average Bonchev–Trinajstić information content (AvgIpc) is 3.06. The van der Waals surface area contributed by atoms with E-state index in [-0.39, 0.29) is 5.91 Å². The van der Waals surface area contributed by atoms with Crippen LogP contribution in [-0.4, -0.2) is 59.5 Å². The van der Waals surface area contributed by atoms with Gasteiger partial charge in [-0.15, -0.1) is 10.2 Å². The van der Waals surface area contributed by atoms with Crippen LogP contribution in [0.15, 0.2) is 28.6 Å². The highest BCUT2D eigenvalue weighted by molar-refractivity contribution is 8.01. The predicted molar refractivity (Wildman–Crippen MR) is 105 cm³/mol. The molecule has 0 aliphatic carbocycles. The third-order valence-electron chi connectivity index (χ3n) is 4.17. The van der Waals surface area contributed by atoms with E-state index in [1.807, 2.05) is 25.1 Å². The van der Waals surface area contributed by atoms with E-state index in [2.05, 4.69) is 38.3 Å². The van der Waals surface area contributed by atoms with Gasteiger partial charge in [0, 0.05) is 26.2 Å². The predicted octanol–water partition coefficient (Wildman–Crippen LogP) is 2.72. The van der Waals surface area contributed by atoms with E-state index in [4.69, 9.17) is 0 Å². The number of hydrogen-bond donors (Lipinski definition) is 1. The van der Waals surface area contributed by atoms with Gasteiger partial charge in [-0.3, -0.25) is 4.79 Å². The molecule has 0 unspecified atom stereocenters. The van der Waals surface area contributed by atoms with Gasteiger partial charge in [-0.05, 0) is 25.6 Å². The SMILES string of the molecule is CCN1CCN(c2ccccc2NC(=O)CSc2nnc(C)s2)CC1. The summed E-state index contributed by atoms with van der Waals surface area (Å²) >= 11 is 2.94. The van der Waals surface area contributed by atoms with Gasteiger partial charge >= 0.3 is 0 Å². The van der Waals surface area contributed by atoms with Crippen molar-refractivity contribution in [2.24, 2.45) is 0 Å². The number of nitrogens with one attached hydrogen (secondary N) is 1. The number of thioether (sulfide) groups is 1. The van der Waals surface area contributed by atoms with E-state index in [1.165, 1.54) is 23.1 Å². The Bertz CT molecular complexity index is 713. The number of rotatable bonds is 6. The number of piperazine rings is 1. The minimum atomic E-state index is -0.0162. The number of para-hydroxylation sites is 2. The molecule has 134 valence electrons. The lowest BCUT2D eigenvalue weighted by atomic mass is 10.2. The van der Waals surface area contributed by atoms with Gasteiger partial charge in [-0.2, -0.15) is 0 Å². The lowest BCUT2D eigenvalue weighted by molar-refractivity contribution is -0.113. The summed E-state index contributed by atoms with van der Waals surface area (Å²) in [7, 11) is 0. The molecule has 0 saturated carbocycles. The Morgan fingerprint density at radius 2 is 2.00 bits per heavy atom. The fourth-order valence-corrected chi connectivity index (χ4v) is 4.43. The number of anilines is 2. The van der Waals surface area contributed by atoms with Crippen LogP contribution in [-0.2, 0) is 4.79 Å². The summed E-state index contributed by atoms with van der Waals surface area (Å²) in [6, 6.07) is 8.04. The Morgan fingerprint density at radius 1 is 1.24 bits per heavy atom. The molecule has 0 atom stereocenters. The van der Waals surface area contributed by atoms with Crippen molar-refractivity contribution in [1.82, 2.24) is 15.1 Å². The molecule has 6 nitrogen and oxygen atoms in total. The molecule has 1 aliphatic heterocycles. The van der Waals surface area contributed by atoms with E-state index in [0.717, 1.165) is 53.4 Å². The molecule has 1 aromatic heterocycles. The Labute approximate surface area is 156 Å². The number of nitrogens with zero attached hydrogens (tertiary/aromatic N) is 4. The van der Waals surface area contributed by atoms with Crippen molar-refractivity contribution >= 4 is 40.4 Å². The van der Waals surface area contributed by atoms with E-state index < -0.39 is 0 Å². The number of carbonyl (C=O) groups is 1. The van der Waals surface area contributed by atoms with Crippen LogP contribution in [0, 0.1) is 6.92 Å². The molecule has 1 fully saturated rings. The molecule has 0 radical (unpaired) electrons. The lowest BCUT2D eigenvalue weighted by Gasteiger charge is -2.36. The molecule has 1 aromatic carbocycles. The first-order chi connectivity index (χ1) is 12.2. The van der Waals surface area contributed by atoms with Crippen molar-refractivity contribution in [2.45, 2.75) is 18.2 Å². The standard InChI is InChI=1S/C17H23N5OS2/c1-3-21-8-10-22(11-9-21)15-7-5-4-6-14(15)18-16(23)12-24-17-20-19-13(2)25-17/h4-7H,3,8-12H2,1-2H3,(H,18,23). The number of likely N-dealkylation sites (N-methyl/N-ethyl adjacent to an activating group) is 1. The Balaban J connectivity index is 1.59. The second kappa shape index (κ2) is 8.64. The fourth-order valence-electron chi connectivity index (χ4n) is 2.81. The molecule has 2 heterocycles. The van der Waals surface area contributed by atoms with Crippen molar-refractivity contribution < 1.29 is 4.79 Å². The largest absolute Gasteiger partial charge is 0.367 e. The Morgan fingerprint density at radius 3 is 2.68 bits per heavy atom. The van der Waals surface area contributed by atoms with Crippen molar-refractivity contribution in [3.05, 3.63) is 29.3 Å². The van der Waals surface area contributed by atoms with Gasteiger partial charge in [-0.1, -0.05) is 42.2 Å². The van der Waals surface area contributed by atoms with Gasteiger partial charge in [-0.25, -0.2) is 0 Å². The maximum absolute atomic E-state index is 12.3. The molecule has 0 bridgehead atoms. The number of hydrogen-bond acceptors (Lipinski definition) is 7.